The Morgan fingerprint density at radius 1 is 1.20 bits per heavy atom. The summed E-state index contributed by atoms with van der Waals surface area (Å²) in [6.45, 7) is 0.102. The standard InChI is InChI=1S/C14H10ClF2NOS/c15-12-5-9(16)2-1-8(12)7-19-10-3-4-11(14(18)20)13(17)6-10/h1-6H,7H2,(H2,18,20). The molecule has 2 N–H and O–H groups in total. The van der Waals surface area contributed by atoms with Gasteiger partial charge in [-0.1, -0.05) is 29.9 Å². The molecule has 0 bridgehead atoms. The highest BCUT2D eigenvalue weighted by atomic mass is 35.5. The van der Waals surface area contributed by atoms with E-state index in [2.05, 4.69) is 0 Å². The molecule has 2 aromatic carbocycles. The Morgan fingerprint density at radius 3 is 2.55 bits per heavy atom. The van der Waals surface area contributed by atoms with Crippen molar-refractivity contribution in [1.29, 1.82) is 0 Å². The molecule has 2 nitrogen and oxygen atoms in total. The van der Waals surface area contributed by atoms with Crippen molar-refractivity contribution in [2.45, 2.75) is 6.61 Å². The van der Waals surface area contributed by atoms with Crippen molar-refractivity contribution in [1.82, 2.24) is 0 Å². The van der Waals surface area contributed by atoms with Crippen molar-refractivity contribution in [3.05, 3.63) is 64.2 Å². The Bertz CT molecular complexity index is 664. The van der Waals surface area contributed by atoms with Crippen molar-refractivity contribution in [3.63, 3.8) is 0 Å². The Kier molecular flexibility index (Phi) is 4.52. The van der Waals surface area contributed by atoms with Crippen LogP contribution < -0.4 is 10.5 Å². The fraction of sp³-hybridized carbons (Fsp3) is 0.0714. The first-order chi connectivity index (χ1) is 9.47. The number of nitrogens with two attached hydrogens (primary N) is 1. The smallest absolute Gasteiger partial charge is 0.137 e. The number of rotatable bonds is 4. The van der Waals surface area contributed by atoms with Crippen LogP contribution in [0.2, 0.25) is 5.02 Å². The lowest BCUT2D eigenvalue weighted by Gasteiger charge is -2.09. The summed E-state index contributed by atoms with van der Waals surface area (Å²) in [5, 5.41) is 0.255. The molecular formula is C14H10ClF2NOS. The van der Waals surface area contributed by atoms with E-state index in [1.165, 1.54) is 30.3 Å². The van der Waals surface area contributed by atoms with E-state index in [1.807, 2.05) is 0 Å². The maximum absolute atomic E-state index is 13.6. The summed E-state index contributed by atoms with van der Waals surface area (Å²) in [7, 11) is 0. The first-order valence-corrected chi connectivity index (χ1v) is 6.42. The summed E-state index contributed by atoms with van der Waals surface area (Å²) in [4.78, 5) is -0.0179. The molecule has 0 aliphatic heterocycles. The van der Waals surface area contributed by atoms with Gasteiger partial charge in [0.2, 0.25) is 0 Å². The molecule has 0 aromatic heterocycles. The minimum Gasteiger partial charge on any atom is -0.489 e. The van der Waals surface area contributed by atoms with E-state index in [1.54, 1.807) is 6.07 Å². The number of thiocarbonyl (C=S) groups is 1. The first kappa shape index (κ1) is 14.7. The van der Waals surface area contributed by atoms with Gasteiger partial charge in [-0.25, -0.2) is 8.78 Å². The minimum atomic E-state index is -0.555. The second kappa shape index (κ2) is 6.15. The van der Waals surface area contributed by atoms with E-state index in [0.717, 1.165) is 0 Å². The minimum absolute atomic E-state index is 0.0179. The monoisotopic (exact) mass is 313 g/mol. The molecule has 0 spiro atoms. The Balaban J connectivity index is 2.11. The average Bonchev–Trinajstić information content (AvgIpc) is 2.37. The molecule has 0 saturated heterocycles. The zero-order chi connectivity index (χ0) is 14.7. The van der Waals surface area contributed by atoms with E-state index in [4.69, 9.17) is 34.3 Å². The van der Waals surface area contributed by atoms with Crippen molar-refractivity contribution >= 4 is 28.8 Å². The lowest BCUT2D eigenvalue weighted by atomic mass is 10.2. The fourth-order valence-electron chi connectivity index (χ4n) is 1.59. The lowest BCUT2D eigenvalue weighted by Crippen LogP contribution is -2.11. The van der Waals surface area contributed by atoms with Crippen LogP contribution in [0, 0.1) is 11.6 Å². The van der Waals surface area contributed by atoms with Gasteiger partial charge in [0.25, 0.3) is 0 Å². The Hall–Kier alpha value is -1.72. The van der Waals surface area contributed by atoms with Gasteiger partial charge in [-0.2, -0.15) is 0 Å². The van der Waals surface area contributed by atoms with Crippen LogP contribution in [0.1, 0.15) is 11.1 Å². The molecule has 0 saturated carbocycles. The molecule has 0 unspecified atom stereocenters. The van der Waals surface area contributed by atoms with E-state index in [9.17, 15) is 8.78 Å². The van der Waals surface area contributed by atoms with Gasteiger partial charge in [0.15, 0.2) is 0 Å². The van der Waals surface area contributed by atoms with Crippen LogP contribution in [-0.4, -0.2) is 4.99 Å². The molecule has 0 fully saturated rings. The maximum atomic E-state index is 13.6. The van der Waals surface area contributed by atoms with Crippen molar-refractivity contribution < 1.29 is 13.5 Å². The quantitative estimate of drug-likeness (QED) is 0.871. The summed E-state index contributed by atoms with van der Waals surface area (Å²) in [6.07, 6.45) is 0. The molecule has 0 radical (unpaired) electrons. The van der Waals surface area contributed by atoms with E-state index >= 15 is 0 Å². The molecule has 104 valence electrons. The molecule has 0 heterocycles. The lowest BCUT2D eigenvalue weighted by molar-refractivity contribution is 0.304. The summed E-state index contributed by atoms with van der Waals surface area (Å²) in [5.74, 6) is -0.672. The van der Waals surface area contributed by atoms with Crippen molar-refractivity contribution in [2.24, 2.45) is 5.73 Å². The Labute approximate surface area is 125 Å². The van der Waals surface area contributed by atoms with Crippen molar-refractivity contribution in [2.75, 3.05) is 0 Å². The largest absolute Gasteiger partial charge is 0.489 e. The van der Waals surface area contributed by atoms with Crippen LogP contribution in [-0.2, 0) is 6.61 Å². The van der Waals surface area contributed by atoms with Crippen LogP contribution in [0.4, 0.5) is 8.78 Å². The number of hydrogen-bond donors (Lipinski definition) is 1. The highest BCUT2D eigenvalue weighted by molar-refractivity contribution is 7.80. The molecule has 0 atom stereocenters. The number of halogens is 3. The molecule has 6 heteroatoms. The second-order valence-corrected chi connectivity index (χ2v) is 4.88. The van der Waals surface area contributed by atoms with Crippen molar-refractivity contribution in [3.8, 4) is 5.75 Å². The molecule has 2 aromatic rings. The number of benzene rings is 2. The normalized spacial score (nSPS) is 10.3. The summed E-state index contributed by atoms with van der Waals surface area (Å²) < 4.78 is 31.9. The Morgan fingerprint density at radius 2 is 1.95 bits per heavy atom. The molecule has 0 amide bonds. The van der Waals surface area contributed by atoms with Gasteiger partial charge in [0.05, 0.1) is 5.02 Å². The van der Waals surface area contributed by atoms with Gasteiger partial charge in [0, 0.05) is 17.2 Å². The zero-order valence-corrected chi connectivity index (χ0v) is 11.8. The number of hydrogen-bond acceptors (Lipinski definition) is 2. The van der Waals surface area contributed by atoms with Gasteiger partial charge in [-0.05, 0) is 24.3 Å². The third-order valence-corrected chi connectivity index (χ3v) is 3.19. The van der Waals surface area contributed by atoms with Gasteiger partial charge >= 0.3 is 0 Å². The second-order valence-electron chi connectivity index (χ2n) is 4.03. The number of ether oxygens (including phenoxy) is 1. The third-order valence-electron chi connectivity index (χ3n) is 2.62. The van der Waals surface area contributed by atoms with Gasteiger partial charge in [0.1, 0.15) is 29.0 Å². The fourth-order valence-corrected chi connectivity index (χ4v) is 1.97. The molecule has 0 aliphatic carbocycles. The van der Waals surface area contributed by atoms with Crippen LogP contribution in [0.3, 0.4) is 0 Å². The van der Waals surface area contributed by atoms with Gasteiger partial charge < -0.3 is 10.5 Å². The summed E-state index contributed by atoms with van der Waals surface area (Å²) in [6, 6.07) is 8.16. The SMILES string of the molecule is NC(=S)c1ccc(OCc2ccc(F)cc2Cl)cc1F. The molecule has 20 heavy (non-hydrogen) atoms. The van der Waals surface area contributed by atoms with Gasteiger partial charge in [-0.15, -0.1) is 0 Å². The zero-order valence-electron chi connectivity index (χ0n) is 10.2. The topological polar surface area (TPSA) is 35.2 Å². The highest BCUT2D eigenvalue weighted by Crippen LogP contribution is 2.21. The van der Waals surface area contributed by atoms with Crippen LogP contribution in [0.15, 0.2) is 36.4 Å². The summed E-state index contributed by atoms with van der Waals surface area (Å²) in [5.41, 5.74) is 6.12. The van der Waals surface area contributed by atoms with Crippen LogP contribution in [0.5, 0.6) is 5.75 Å². The highest BCUT2D eigenvalue weighted by Gasteiger charge is 2.08. The molecule has 0 aliphatic rings. The van der Waals surface area contributed by atoms with E-state index < -0.39 is 11.6 Å². The van der Waals surface area contributed by atoms with Crippen LogP contribution in [0.25, 0.3) is 0 Å². The average molecular weight is 314 g/mol. The van der Waals surface area contributed by atoms with E-state index in [0.29, 0.717) is 11.3 Å². The molecular weight excluding hydrogens is 304 g/mol. The van der Waals surface area contributed by atoms with Crippen LogP contribution >= 0.6 is 23.8 Å². The predicted molar refractivity (Wildman–Crippen MR) is 78.0 cm³/mol. The summed E-state index contributed by atoms with van der Waals surface area (Å²) >= 11 is 10.6. The van der Waals surface area contributed by atoms with E-state index in [-0.39, 0.29) is 22.2 Å². The maximum Gasteiger partial charge on any atom is 0.137 e. The first-order valence-electron chi connectivity index (χ1n) is 5.63. The predicted octanol–water partition coefficient (Wildman–Crippen LogP) is 3.83. The van der Waals surface area contributed by atoms with Gasteiger partial charge in [-0.3, -0.25) is 0 Å². The third kappa shape index (κ3) is 3.43. The molecule has 2 rings (SSSR count).